The number of benzene rings is 1. The molecule has 1 aromatic heterocycles. The quantitative estimate of drug-likeness (QED) is 0.779. The molecule has 1 aliphatic carbocycles. The first kappa shape index (κ1) is 16.4. The van der Waals surface area contributed by atoms with Gasteiger partial charge in [0, 0.05) is 17.4 Å². The molecule has 0 spiro atoms. The Balaban J connectivity index is 1.65. The van der Waals surface area contributed by atoms with Gasteiger partial charge in [0.15, 0.2) is 5.16 Å². The number of thioether (sulfide) groups is 1. The van der Waals surface area contributed by atoms with Gasteiger partial charge >= 0.3 is 0 Å². The Kier molecular flexibility index (Phi) is 4.72. The molecule has 1 fully saturated rings. The standard InChI is InChI=1S/C15H16BrFN4OS/c1-8(14(22)18-12-6-5-10(16)7-11(12)17)23-15-20-19-13(21(15)2)9-3-4-9/h5-9H,3-4H2,1-2H3,(H,18,22)/t8-/m0/s1. The van der Waals surface area contributed by atoms with Crippen LogP contribution in [0, 0.1) is 5.82 Å². The van der Waals surface area contributed by atoms with Gasteiger partial charge in [0.25, 0.3) is 0 Å². The number of anilines is 1. The van der Waals surface area contributed by atoms with E-state index in [-0.39, 0.29) is 11.6 Å². The fourth-order valence-corrected chi connectivity index (χ4v) is 3.32. The lowest BCUT2D eigenvalue weighted by Gasteiger charge is -2.12. The summed E-state index contributed by atoms with van der Waals surface area (Å²) >= 11 is 4.51. The Morgan fingerprint density at radius 2 is 2.22 bits per heavy atom. The molecule has 1 saturated carbocycles. The molecule has 1 atom stereocenters. The van der Waals surface area contributed by atoms with E-state index in [0.717, 1.165) is 18.7 Å². The Morgan fingerprint density at radius 1 is 1.48 bits per heavy atom. The summed E-state index contributed by atoms with van der Waals surface area (Å²) in [6.07, 6.45) is 2.30. The van der Waals surface area contributed by atoms with Crippen molar-refractivity contribution in [1.29, 1.82) is 0 Å². The summed E-state index contributed by atoms with van der Waals surface area (Å²) in [6.45, 7) is 1.77. The first-order valence-corrected chi connectivity index (χ1v) is 8.95. The summed E-state index contributed by atoms with van der Waals surface area (Å²) in [4.78, 5) is 12.3. The Morgan fingerprint density at radius 3 is 2.87 bits per heavy atom. The SMILES string of the molecule is C[C@H](Sc1nnc(C2CC2)n1C)C(=O)Nc1ccc(Br)cc1F. The van der Waals surface area contributed by atoms with Gasteiger partial charge in [-0.3, -0.25) is 4.79 Å². The first-order valence-electron chi connectivity index (χ1n) is 7.27. The molecule has 122 valence electrons. The highest BCUT2D eigenvalue weighted by atomic mass is 79.9. The van der Waals surface area contributed by atoms with Gasteiger partial charge in [0.05, 0.1) is 10.9 Å². The predicted octanol–water partition coefficient (Wildman–Crippen LogP) is 3.71. The molecule has 0 unspecified atom stereocenters. The smallest absolute Gasteiger partial charge is 0.237 e. The van der Waals surface area contributed by atoms with Crippen molar-refractivity contribution < 1.29 is 9.18 Å². The van der Waals surface area contributed by atoms with Crippen LogP contribution in [0.15, 0.2) is 27.8 Å². The largest absolute Gasteiger partial charge is 0.323 e. The van der Waals surface area contributed by atoms with Crippen molar-refractivity contribution in [2.24, 2.45) is 7.05 Å². The number of halogens is 2. The maximum Gasteiger partial charge on any atom is 0.237 e. The minimum absolute atomic E-state index is 0.169. The van der Waals surface area contributed by atoms with Crippen LogP contribution in [-0.4, -0.2) is 25.9 Å². The molecule has 8 heteroatoms. The third-order valence-electron chi connectivity index (χ3n) is 3.65. The number of rotatable bonds is 5. The van der Waals surface area contributed by atoms with E-state index < -0.39 is 11.1 Å². The number of hydrogen-bond acceptors (Lipinski definition) is 4. The van der Waals surface area contributed by atoms with Crippen LogP contribution in [0.25, 0.3) is 0 Å². The highest BCUT2D eigenvalue weighted by Crippen LogP contribution is 2.39. The molecule has 1 aliphatic rings. The number of carbonyl (C=O) groups excluding carboxylic acids is 1. The third-order valence-corrected chi connectivity index (χ3v) is 5.28. The van der Waals surface area contributed by atoms with E-state index in [1.54, 1.807) is 13.0 Å². The molecule has 0 saturated heterocycles. The second-order valence-electron chi connectivity index (χ2n) is 5.55. The van der Waals surface area contributed by atoms with Crippen LogP contribution in [0.4, 0.5) is 10.1 Å². The monoisotopic (exact) mass is 398 g/mol. The maximum atomic E-state index is 13.8. The zero-order valence-electron chi connectivity index (χ0n) is 12.7. The van der Waals surface area contributed by atoms with Gasteiger partial charge in [-0.15, -0.1) is 10.2 Å². The fourth-order valence-electron chi connectivity index (χ4n) is 2.16. The molecule has 1 amide bonds. The Bertz CT molecular complexity index is 747. The Hall–Kier alpha value is -1.41. The zero-order chi connectivity index (χ0) is 16.6. The molecule has 3 rings (SSSR count). The second-order valence-corrected chi connectivity index (χ2v) is 7.77. The molecule has 23 heavy (non-hydrogen) atoms. The van der Waals surface area contributed by atoms with Crippen molar-refractivity contribution in [2.45, 2.75) is 36.1 Å². The van der Waals surface area contributed by atoms with Gasteiger partial charge in [-0.25, -0.2) is 4.39 Å². The maximum absolute atomic E-state index is 13.8. The fraction of sp³-hybridized carbons (Fsp3) is 0.400. The lowest BCUT2D eigenvalue weighted by Crippen LogP contribution is -2.23. The highest BCUT2D eigenvalue weighted by molar-refractivity contribution is 9.10. The minimum Gasteiger partial charge on any atom is -0.323 e. The van der Waals surface area contributed by atoms with E-state index in [0.29, 0.717) is 15.5 Å². The minimum atomic E-state index is -0.473. The Labute approximate surface area is 146 Å². The van der Waals surface area contributed by atoms with Crippen LogP contribution < -0.4 is 5.32 Å². The summed E-state index contributed by atoms with van der Waals surface area (Å²) < 4.78 is 16.4. The molecule has 0 aliphatic heterocycles. The average molecular weight is 399 g/mol. The molecular weight excluding hydrogens is 383 g/mol. The summed E-state index contributed by atoms with van der Waals surface area (Å²) in [5.41, 5.74) is 0.169. The van der Waals surface area contributed by atoms with Gasteiger partial charge < -0.3 is 9.88 Å². The van der Waals surface area contributed by atoms with E-state index in [1.165, 1.54) is 23.9 Å². The van der Waals surface area contributed by atoms with Crippen LogP contribution in [-0.2, 0) is 11.8 Å². The molecule has 5 nitrogen and oxygen atoms in total. The van der Waals surface area contributed by atoms with Crippen molar-refractivity contribution in [3.05, 3.63) is 34.3 Å². The zero-order valence-corrected chi connectivity index (χ0v) is 15.1. The van der Waals surface area contributed by atoms with E-state index in [2.05, 4.69) is 31.4 Å². The van der Waals surface area contributed by atoms with E-state index >= 15 is 0 Å². The summed E-state index contributed by atoms with van der Waals surface area (Å²) in [6, 6.07) is 4.53. The van der Waals surface area contributed by atoms with Crippen LogP contribution in [0.2, 0.25) is 0 Å². The van der Waals surface area contributed by atoms with Gasteiger partial charge in [-0.2, -0.15) is 0 Å². The van der Waals surface area contributed by atoms with Crippen LogP contribution >= 0.6 is 27.7 Å². The number of aromatic nitrogens is 3. The first-order chi connectivity index (χ1) is 11.0. The molecule has 1 N–H and O–H groups in total. The topological polar surface area (TPSA) is 59.8 Å². The molecule has 2 aromatic rings. The lowest BCUT2D eigenvalue weighted by atomic mass is 10.3. The van der Waals surface area contributed by atoms with E-state index in [1.807, 2.05) is 11.6 Å². The van der Waals surface area contributed by atoms with Crippen molar-refractivity contribution in [2.75, 3.05) is 5.32 Å². The van der Waals surface area contributed by atoms with Crippen molar-refractivity contribution in [1.82, 2.24) is 14.8 Å². The molecular formula is C15H16BrFN4OS. The molecule has 1 heterocycles. The molecule has 1 aromatic carbocycles. The second kappa shape index (κ2) is 6.60. The van der Waals surface area contributed by atoms with Crippen molar-refractivity contribution in [3.63, 3.8) is 0 Å². The molecule has 0 bridgehead atoms. The highest BCUT2D eigenvalue weighted by Gasteiger charge is 2.30. The number of amides is 1. The normalized spacial score (nSPS) is 15.5. The third kappa shape index (κ3) is 3.74. The average Bonchev–Trinajstić information content (AvgIpc) is 3.28. The number of nitrogens with one attached hydrogen (secondary N) is 1. The van der Waals surface area contributed by atoms with E-state index in [9.17, 15) is 9.18 Å². The number of nitrogens with zero attached hydrogens (tertiary/aromatic N) is 3. The molecule has 0 radical (unpaired) electrons. The van der Waals surface area contributed by atoms with Gasteiger partial charge in [0.2, 0.25) is 5.91 Å². The number of hydrogen-bond donors (Lipinski definition) is 1. The summed E-state index contributed by atoms with van der Waals surface area (Å²) in [7, 11) is 1.91. The van der Waals surface area contributed by atoms with Crippen LogP contribution in [0.5, 0.6) is 0 Å². The number of carbonyl (C=O) groups is 1. The summed E-state index contributed by atoms with van der Waals surface area (Å²) in [5, 5.41) is 11.2. The summed E-state index contributed by atoms with van der Waals surface area (Å²) in [5.74, 6) is 0.730. The van der Waals surface area contributed by atoms with Crippen LogP contribution in [0.1, 0.15) is 31.5 Å². The van der Waals surface area contributed by atoms with Crippen molar-refractivity contribution >= 4 is 39.3 Å². The van der Waals surface area contributed by atoms with Gasteiger partial charge in [-0.1, -0.05) is 27.7 Å². The van der Waals surface area contributed by atoms with Gasteiger partial charge in [-0.05, 0) is 38.0 Å². The van der Waals surface area contributed by atoms with Gasteiger partial charge in [0.1, 0.15) is 11.6 Å². The van der Waals surface area contributed by atoms with Crippen molar-refractivity contribution in [3.8, 4) is 0 Å². The lowest BCUT2D eigenvalue weighted by molar-refractivity contribution is -0.115. The van der Waals surface area contributed by atoms with Crippen LogP contribution in [0.3, 0.4) is 0 Å². The predicted molar refractivity (Wildman–Crippen MR) is 91.0 cm³/mol. The van der Waals surface area contributed by atoms with E-state index in [4.69, 9.17) is 0 Å².